The molecule has 0 aromatic heterocycles. The lowest BCUT2D eigenvalue weighted by atomic mass is 10.2. The third-order valence-electron chi connectivity index (χ3n) is 3.07. The van der Waals surface area contributed by atoms with Crippen LogP contribution in [0.25, 0.3) is 0 Å². The minimum Gasteiger partial charge on any atom is -0.314 e. The van der Waals surface area contributed by atoms with Crippen LogP contribution in [0.1, 0.15) is 19.3 Å². The van der Waals surface area contributed by atoms with Gasteiger partial charge in [-0.25, -0.2) is 17.5 Å². The van der Waals surface area contributed by atoms with Crippen LogP contribution in [0.3, 0.4) is 0 Å². The minimum absolute atomic E-state index is 0. The number of nitrogens with one attached hydrogen (secondary N) is 2. The third kappa shape index (κ3) is 4.42. The van der Waals surface area contributed by atoms with Gasteiger partial charge in [0.1, 0.15) is 10.7 Å². The topological polar surface area (TPSA) is 58.2 Å². The predicted octanol–water partition coefficient (Wildman–Crippen LogP) is 1.67. The number of sulfonamides is 1. The highest BCUT2D eigenvalue weighted by Gasteiger charge is 2.19. The van der Waals surface area contributed by atoms with Gasteiger partial charge in [0, 0.05) is 12.6 Å². The quantitative estimate of drug-likeness (QED) is 0.870. The standard InChI is InChI=1S/C12H17FN2O2S.ClH/c13-11-5-1-2-6-12(11)18(16,17)15-9-7-10-4-3-8-14-10;/h1-2,5-6,10,14-15H,3-4,7-9H2;1H/t10-;/m1./s1. The molecule has 19 heavy (non-hydrogen) atoms. The largest absolute Gasteiger partial charge is 0.314 e. The van der Waals surface area contributed by atoms with Gasteiger partial charge < -0.3 is 5.32 Å². The van der Waals surface area contributed by atoms with E-state index >= 15 is 0 Å². The van der Waals surface area contributed by atoms with E-state index in [1.54, 1.807) is 0 Å². The van der Waals surface area contributed by atoms with E-state index in [4.69, 9.17) is 0 Å². The van der Waals surface area contributed by atoms with Gasteiger partial charge in [-0.1, -0.05) is 12.1 Å². The zero-order chi connectivity index (χ0) is 13.0. The van der Waals surface area contributed by atoms with Gasteiger partial charge in [0.2, 0.25) is 10.0 Å². The smallest absolute Gasteiger partial charge is 0.243 e. The molecular formula is C12H18ClFN2O2S. The van der Waals surface area contributed by atoms with Crippen LogP contribution in [0.4, 0.5) is 4.39 Å². The molecule has 1 aromatic carbocycles. The van der Waals surface area contributed by atoms with Crippen molar-refractivity contribution >= 4 is 22.4 Å². The van der Waals surface area contributed by atoms with Crippen molar-refractivity contribution in [2.24, 2.45) is 0 Å². The van der Waals surface area contributed by atoms with Gasteiger partial charge in [-0.3, -0.25) is 0 Å². The molecule has 0 unspecified atom stereocenters. The zero-order valence-corrected chi connectivity index (χ0v) is 12.1. The molecule has 0 spiro atoms. The Morgan fingerprint density at radius 2 is 2.11 bits per heavy atom. The van der Waals surface area contributed by atoms with Crippen molar-refractivity contribution in [3.63, 3.8) is 0 Å². The molecule has 1 aliphatic heterocycles. The normalized spacial score (nSPS) is 19.1. The van der Waals surface area contributed by atoms with Crippen molar-refractivity contribution < 1.29 is 12.8 Å². The van der Waals surface area contributed by atoms with Crippen LogP contribution in [0, 0.1) is 5.82 Å². The Morgan fingerprint density at radius 3 is 2.74 bits per heavy atom. The summed E-state index contributed by atoms with van der Waals surface area (Å²) in [4.78, 5) is -0.288. The Labute approximate surface area is 119 Å². The molecule has 0 saturated carbocycles. The zero-order valence-electron chi connectivity index (χ0n) is 10.4. The number of halogens is 2. The summed E-state index contributed by atoms with van der Waals surface area (Å²) in [6.07, 6.45) is 2.93. The molecule has 108 valence electrons. The fourth-order valence-corrected chi connectivity index (χ4v) is 3.24. The van der Waals surface area contributed by atoms with Crippen molar-refractivity contribution in [2.75, 3.05) is 13.1 Å². The number of rotatable bonds is 5. The lowest BCUT2D eigenvalue weighted by Crippen LogP contribution is -2.31. The summed E-state index contributed by atoms with van der Waals surface area (Å²) in [5.41, 5.74) is 0. The fraction of sp³-hybridized carbons (Fsp3) is 0.500. The molecule has 0 aliphatic carbocycles. The Kier molecular flexibility index (Phi) is 6.19. The molecule has 1 heterocycles. The monoisotopic (exact) mass is 308 g/mol. The molecule has 2 rings (SSSR count). The highest BCUT2D eigenvalue weighted by Crippen LogP contribution is 2.13. The van der Waals surface area contributed by atoms with Crippen LogP contribution in [-0.2, 0) is 10.0 Å². The summed E-state index contributed by atoms with van der Waals surface area (Å²) in [6, 6.07) is 5.76. The van der Waals surface area contributed by atoms with Gasteiger partial charge in [-0.05, 0) is 37.9 Å². The van der Waals surface area contributed by atoms with Gasteiger partial charge in [0.05, 0.1) is 0 Å². The van der Waals surface area contributed by atoms with E-state index < -0.39 is 15.8 Å². The summed E-state index contributed by atoms with van der Waals surface area (Å²) >= 11 is 0. The lowest BCUT2D eigenvalue weighted by molar-refractivity contribution is 0.532. The average Bonchev–Trinajstić information content (AvgIpc) is 2.82. The average molecular weight is 309 g/mol. The van der Waals surface area contributed by atoms with E-state index in [9.17, 15) is 12.8 Å². The highest BCUT2D eigenvalue weighted by molar-refractivity contribution is 7.89. The molecule has 1 aliphatic rings. The number of hydrogen-bond acceptors (Lipinski definition) is 3. The van der Waals surface area contributed by atoms with Crippen LogP contribution in [0.15, 0.2) is 29.2 Å². The molecule has 1 atom stereocenters. The maximum atomic E-state index is 13.4. The van der Waals surface area contributed by atoms with Crippen molar-refractivity contribution in [1.29, 1.82) is 0 Å². The Bertz CT molecular complexity index is 504. The van der Waals surface area contributed by atoms with E-state index in [0.29, 0.717) is 12.6 Å². The predicted molar refractivity (Wildman–Crippen MR) is 74.5 cm³/mol. The van der Waals surface area contributed by atoms with E-state index in [1.165, 1.54) is 18.2 Å². The van der Waals surface area contributed by atoms with Crippen LogP contribution in [0.5, 0.6) is 0 Å². The van der Waals surface area contributed by atoms with Gasteiger partial charge in [-0.2, -0.15) is 0 Å². The third-order valence-corrected chi connectivity index (χ3v) is 4.57. The first-order chi connectivity index (χ1) is 8.59. The van der Waals surface area contributed by atoms with Gasteiger partial charge in [-0.15, -0.1) is 12.4 Å². The fourth-order valence-electron chi connectivity index (χ4n) is 2.11. The second kappa shape index (κ2) is 7.19. The molecular weight excluding hydrogens is 291 g/mol. The van der Waals surface area contributed by atoms with E-state index in [2.05, 4.69) is 10.0 Å². The maximum Gasteiger partial charge on any atom is 0.243 e. The second-order valence-corrected chi connectivity index (χ2v) is 6.15. The van der Waals surface area contributed by atoms with Gasteiger partial charge in [0.25, 0.3) is 0 Å². The first-order valence-electron chi connectivity index (χ1n) is 6.07. The molecule has 1 fully saturated rings. The summed E-state index contributed by atoms with van der Waals surface area (Å²) < 4.78 is 39.5. The molecule has 0 radical (unpaired) electrons. The van der Waals surface area contributed by atoms with E-state index in [0.717, 1.165) is 31.9 Å². The Balaban J connectivity index is 0.00000180. The Hall–Kier alpha value is -0.690. The van der Waals surface area contributed by atoms with Gasteiger partial charge >= 0.3 is 0 Å². The van der Waals surface area contributed by atoms with Gasteiger partial charge in [0.15, 0.2) is 0 Å². The Morgan fingerprint density at radius 1 is 1.37 bits per heavy atom. The molecule has 2 N–H and O–H groups in total. The summed E-state index contributed by atoms with van der Waals surface area (Å²) in [5.74, 6) is -0.719. The number of hydrogen-bond donors (Lipinski definition) is 2. The second-order valence-electron chi connectivity index (χ2n) is 4.41. The molecule has 1 aromatic rings. The van der Waals surface area contributed by atoms with Crippen molar-refractivity contribution in [3.05, 3.63) is 30.1 Å². The van der Waals surface area contributed by atoms with Crippen LogP contribution >= 0.6 is 12.4 Å². The first-order valence-corrected chi connectivity index (χ1v) is 7.55. The lowest BCUT2D eigenvalue weighted by Gasteiger charge is -2.11. The molecule has 1 saturated heterocycles. The van der Waals surface area contributed by atoms with Crippen LogP contribution < -0.4 is 10.0 Å². The molecule has 0 bridgehead atoms. The molecule has 4 nitrogen and oxygen atoms in total. The van der Waals surface area contributed by atoms with Crippen molar-refractivity contribution in [3.8, 4) is 0 Å². The molecule has 7 heteroatoms. The van der Waals surface area contributed by atoms with Crippen molar-refractivity contribution in [2.45, 2.75) is 30.2 Å². The first kappa shape index (κ1) is 16.4. The summed E-state index contributed by atoms with van der Waals surface area (Å²) in [7, 11) is -3.74. The van der Waals surface area contributed by atoms with E-state index in [1.807, 2.05) is 0 Å². The number of benzene rings is 1. The molecule has 0 amide bonds. The SMILES string of the molecule is Cl.O=S(=O)(NCC[C@H]1CCCN1)c1ccccc1F. The highest BCUT2D eigenvalue weighted by atomic mass is 35.5. The summed E-state index contributed by atoms with van der Waals surface area (Å²) in [6.45, 7) is 1.32. The van der Waals surface area contributed by atoms with Crippen LogP contribution in [-0.4, -0.2) is 27.5 Å². The van der Waals surface area contributed by atoms with E-state index in [-0.39, 0.29) is 17.3 Å². The van der Waals surface area contributed by atoms with Crippen molar-refractivity contribution in [1.82, 2.24) is 10.0 Å². The summed E-state index contributed by atoms with van der Waals surface area (Å²) in [5, 5.41) is 3.29. The van der Waals surface area contributed by atoms with Crippen LogP contribution in [0.2, 0.25) is 0 Å². The minimum atomic E-state index is -3.74. The maximum absolute atomic E-state index is 13.4.